The highest BCUT2D eigenvalue weighted by atomic mass is 16.4. The van der Waals surface area contributed by atoms with Crippen molar-refractivity contribution in [3.63, 3.8) is 0 Å². The van der Waals surface area contributed by atoms with Gasteiger partial charge in [-0.15, -0.1) is 0 Å². The largest absolute Gasteiger partial charge is 0.481 e. The first-order valence-electron chi connectivity index (χ1n) is 16.3. The molecule has 5 aliphatic rings. The van der Waals surface area contributed by atoms with Gasteiger partial charge in [-0.2, -0.15) is 0 Å². The Labute approximate surface area is 251 Å². The van der Waals surface area contributed by atoms with Gasteiger partial charge in [0.25, 0.3) is 0 Å². The van der Waals surface area contributed by atoms with Gasteiger partial charge in [0.05, 0.1) is 5.41 Å². The minimum absolute atomic E-state index is 0.00558. The zero-order chi connectivity index (χ0) is 31.1. The molecule has 0 aliphatic heterocycles. The summed E-state index contributed by atoms with van der Waals surface area (Å²) < 4.78 is 0. The Morgan fingerprint density at radius 2 is 1.55 bits per heavy atom. The minimum Gasteiger partial charge on any atom is -0.481 e. The van der Waals surface area contributed by atoms with E-state index in [-0.39, 0.29) is 75.4 Å². The summed E-state index contributed by atoms with van der Waals surface area (Å²) in [5.74, 6) is -1.18. The van der Waals surface area contributed by atoms with Crippen LogP contribution in [0.25, 0.3) is 0 Å². The third-order valence-electron chi connectivity index (χ3n) is 14.3. The van der Waals surface area contributed by atoms with Gasteiger partial charge >= 0.3 is 11.9 Å². The summed E-state index contributed by atoms with van der Waals surface area (Å²) in [6, 6.07) is -0.0102. The zero-order valence-electron chi connectivity index (χ0n) is 26.9. The fourth-order valence-corrected chi connectivity index (χ4v) is 11.3. The number of ketones is 1. The quantitative estimate of drug-likeness (QED) is 0.317. The van der Waals surface area contributed by atoms with Crippen molar-refractivity contribution >= 4 is 23.6 Å². The molecule has 0 aromatic rings. The van der Waals surface area contributed by atoms with Crippen LogP contribution in [-0.4, -0.2) is 39.9 Å². The number of fused-ring (bicyclic) bond motifs is 7. The molecular formula is C35H53NO6. The number of nitrogens with one attached hydrogen (secondary N) is 1. The summed E-state index contributed by atoms with van der Waals surface area (Å²) >= 11 is 0. The molecule has 234 valence electrons. The van der Waals surface area contributed by atoms with E-state index in [0.29, 0.717) is 19.3 Å². The molecule has 2 unspecified atom stereocenters. The normalized spacial score (nSPS) is 45.8. The Kier molecular flexibility index (Phi) is 7.38. The second-order valence-electron chi connectivity index (χ2n) is 16.8. The topological polar surface area (TPSA) is 121 Å². The van der Waals surface area contributed by atoms with E-state index in [4.69, 9.17) is 5.11 Å². The number of rotatable bonds is 6. The molecule has 5 aliphatic carbocycles. The van der Waals surface area contributed by atoms with Crippen LogP contribution in [0.15, 0.2) is 11.6 Å². The Morgan fingerprint density at radius 1 is 0.881 bits per heavy atom. The van der Waals surface area contributed by atoms with Crippen molar-refractivity contribution in [1.82, 2.24) is 5.32 Å². The van der Waals surface area contributed by atoms with E-state index in [9.17, 15) is 24.3 Å². The van der Waals surface area contributed by atoms with E-state index in [1.807, 2.05) is 13.0 Å². The number of amides is 1. The molecule has 7 nitrogen and oxygen atoms in total. The molecule has 9 atom stereocenters. The standard InChI is InChI=1S/C35H53NO6/c1-30(2)24-11-14-35(7)28(33(24,5)13-12-25(30)36-26(38)9-8-10-27(39)40)23(37)19-21-22-20-32(4,29(41)42)16-15-31(22,3)17-18-34(21,35)6/h19,22,24-25,28H,8-18,20H2,1-7H3,(H,36,38)(H,39,40)(H,41,42)/t22-,24?,25-,28?,31+,32-,33-,34+,35+/m0/s1. The molecule has 0 aromatic heterocycles. The average molecular weight is 584 g/mol. The fourth-order valence-electron chi connectivity index (χ4n) is 11.3. The van der Waals surface area contributed by atoms with Crippen LogP contribution in [0.4, 0.5) is 0 Å². The molecule has 0 bridgehead atoms. The van der Waals surface area contributed by atoms with Crippen molar-refractivity contribution in [2.45, 2.75) is 132 Å². The maximum atomic E-state index is 14.5. The number of carbonyl (C=O) groups is 4. The number of hydrogen-bond acceptors (Lipinski definition) is 4. The molecule has 4 saturated carbocycles. The molecule has 3 N–H and O–H groups in total. The lowest BCUT2D eigenvalue weighted by atomic mass is 9.33. The van der Waals surface area contributed by atoms with Gasteiger partial charge in [0.1, 0.15) is 0 Å². The van der Waals surface area contributed by atoms with Crippen LogP contribution in [0.1, 0.15) is 126 Å². The molecule has 5 rings (SSSR count). The van der Waals surface area contributed by atoms with Crippen LogP contribution >= 0.6 is 0 Å². The Balaban J connectivity index is 1.45. The highest BCUT2D eigenvalue weighted by Gasteiger charge is 2.70. The van der Waals surface area contributed by atoms with E-state index >= 15 is 0 Å². The van der Waals surface area contributed by atoms with Gasteiger partial charge in [0, 0.05) is 24.8 Å². The molecule has 4 fully saturated rings. The number of carboxylic acids is 2. The Hall–Kier alpha value is -2.18. The smallest absolute Gasteiger partial charge is 0.309 e. The highest BCUT2D eigenvalue weighted by Crippen LogP contribution is 2.75. The van der Waals surface area contributed by atoms with Gasteiger partial charge in [-0.05, 0) is 116 Å². The van der Waals surface area contributed by atoms with Gasteiger partial charge in [-0.25, -0.2) is 0 Å². The summed E-state index contributed by atoms with van der Waals surface area (Å²) in [5, 5.41) is 22.3. The van der Waals surface area contributed by atoms with Crippen LogP contribution in [0.3, 0.4) is 0 Å². The predicted molar refractivity (Wildman–Crippen MR) is 160 cm³/mol. The van der Waals surface area contributed by atoms with Crippen molar-refractivity contribution in [2.24, 2.45) is 50.2 Å². The van der Waals surface area contributed by atoms with Crippen LogP contribution in [0, 0.1) is 50.2 Å². The maximum absolute atomic E-state index is 14.5. The zero-order valence-corrected chi connectivity index (χ0v) is 26.9. The van der Waals surface area contributed by atoms with Gasteiger partial charge in [-0.3, -0.25) is 19.2 Å². The van der Waals surface area contributed by atoms with Crippen LogP contribution in [0.2, 0.25) is 0 Å². The maximum Gasteiger partial charge on any atom is 0.309 e. The minimum atomic E-state index is -0.883. The summed E-state index contributed by atoms with van der Waals surface area (Å²) in [7, 11) is 0. The predicted octanol–water partition coefficient (Wildman–Crippen LogP) is 6.79. The number of allylic oxidation sites excluding steroid dienone is 2. The molecule has 42 heavy (non-hydrogen) atoms. The Morgan fingerprint density at radius 3 is 2.19 bits per heavy atom. The number of carbonyl (C=O) groups excluding carboxylic acids is 2. The molecular weight excluding hydrogens is 530 g/mol. The highest BCUT2D eigenvalue weighted by molar-refractivity contribution is 5.95. The number of carboxylic acid groups (broad SMARTS) is 2. The van der Waals surface area contributed by atoms with Crippen molar-refractivity contribution in [2.75, 3.05) is 0 Å². The van der Waals surface area contributed by atoms with E-state index in [0.717, 1.165) is 44.9 Å². The lowest BCUT2D eigenvalue weighted by molar-refractivity contribution is -0.190. The van der Waals surface area contributed by atoms with E-state index in [1.54, 1.807) is 0 Å². The molecule has 0 radical (unpaired) electrons. The molecule has 0 spiro atoms. The lowest BCUT2D eigenvalue weighted by Gasteiger charge is -2.70. The van der Waals surface area contributed by atoms with Crippen molar-refractivity contribution in [3.05, 3.63) is 11.6 Å². The second kappa shape index (κ2) is 9.92. The SMILES string of the molecule is CC1(C)C2CC[C@]3(C)C(C(=O)C=C4[C@@H]5C[C@@](C)(C(=O)O)CC[C@]5(C)CC[C@]43C)[C@@]2(C)CC[C@@H]1NC(=O)CCCC(=O)O. The van der Waals surface area contributed by atoms with Gasteiger partial charge in [-0.1, -0.05) is 47.1 Å². The van der Waals surface area contributed by atoms with Crippen molar-refractivity contribution < 1.29 is 29.4 Å². The first-order valence-corrected chi connectivity index (χ1v) is 16.3. The summed E-state index contributed by atoms with van der Waals surface area (Å²) in [6.07, 6.45) is 10.4. The molecule has 0 heterocycles. The van der Waals surface area contributed by atoms with E-state index in [2.05, 4.69) is 46.9 Å². The first-order chi connectivity index (χ1) is 19.3. The van der Waals surface area contributed by atoms with Gasteiger partial charge < -0.3 is 15.5 Å². The van der Waals surface area contributed by atoms with E-state index < -0.39 is 17.4 Å². The van der Waals surface area contributed by atoms with Crippen LogP contribution in [0.5, 0.6) is 0 Å². The van der Waals surface area contributed by atoms with Crippen molar-refractivity contribution in [3.8, 4) is 0 Å². The summed E-state index contributed by atoms with van der Waals surface area (Å²) in [4.78, 5) is 50.5. The number of aliphatic carboxylic acids is 2. The lowest BCUT2D eigenvalue weighted by Crippen LogP contribution is -2.67. The molecule has 1 amide bonds. The third kappa shape index (κ3) is 4.41. The van der Waals surface area contributed by atoms with Gasteiger partial charge in [0.15, 0.2) is 5.78 Å². The second-order valence-corrected chi connectivity index (χ2v) is 16.8. The molecule has 7 heteroatoms. The van der Waals surface area contributed by atoms with Crippen LogP contribution < -0.4 is 5.32 Å². The fraction of sp³-hybridized carbons (Fsp3) is 0.829. The Bertz CT molecular complexity index is 1220. The van der Waals surface area contributed by atoms with Crippen molar-refractivity contribution in [1.29, 1.82) is 0 Å². The van der Waals surface area contributed by atoms with Gasteiger partial charge in [0.2, 0.25) is 5.91 Å². The van der Waals surface area contributed by atoms with Crippen LogP contribution in [-0.2, 0) is 19.2 Å². The monoisotopic (exact) mass is 583 g/mol. The molecule has 0 aromatic carbocycles. The first kappa shape index (κ1) is 31.3. The average Bonchev–Trinajstić information content (AvgIpc) is 2.87. The summed E-state index contributed by atoms with van der Waals surface area (Å²) in [6.45, 7) is 15.8. The van der Waals surface area contributed by atoms with E-state index in [1.165, 1.54) is 5.57 Å². The molecule has 0 saturated heterocycles. The number of hydrogen-bond donors (Lipinski definition) is 3. The third-order valence-corrected chi connectivity index (χ3v) is 14.3. The summed E-state index contributed by atoms with van der Waals surface area (Å²) in [5.41, 5.74) is -0.260.